The van der Waals surface area contributed by atoms with Gasteiger partial charge in [-0.05, 0) is 49.2 Å². The van der Waals surface area contributed by atoms with Gasteiger partial charge in [-0.3, -0.25) is 9.59 Å². The summed E-state index contributed by atoms with van der Waals surface area (Å²) in [7, 11) is 0. The SMILES string of the molecule is Cc1cccc(C)c1NC(=O)CNC(=O)c1sc2cccc(F)c2c1COc1ccccc1. The lowest BCUT2D eigenvalue weighted by atomic mass is 10.1. The number of para-hydroxylation sites is 2. The fourth-order valence-electron chi connectivity index (χ4n) is 3.60. The highest BCUT2D eigenvalue weighted by molar-refractivity contribution is 7.21. The molecule has 0 atom stereocenters. The molecule has 0 aliphatic carbocycles. The fraction of sp³-hybridized carbons (Fsp3) is 0.154. The number of rotatable bonds is 7. The van der Waals surface area contributed by atoms with Crippen LogP contribution < -0.4 is 15.4 Å². The maximum absolute atomic E-state index is 14.6. The molecule has 4 rings (SSSR count). The second-order valence-corrected chi connectivity index (χ2v) is 8.67. The Morgan fingerprint density at radius 1 is 0.939 bits per heavy atom. The van der Waals surface area contributed by atoms with Gasteiger partial charge in [0.15, 0.2) is 0 Å². The molecule has 0 bridgehead atoms. The fourth-order valence-corrected chi connectivity index (χ4v) is 4.74. The summed E-state index contributed by atoms with van der Waals surface area (Å²) in [6.07, 6.45) is 0. The first-order chi connectivity index (χ1) is 15.9. The molecule has 5 nitrogen and oxygen atoms in total. The Kier molecular flexibility index (Phi) is 6.70. The van der Waals surface area contributed by atoms with Crippen molar-refractivity contribution in [2.75, 3.05) is 11.9 Å². The third-order valence-electron chi connectivity index (χ3n) is 5.25. The van der Waals surface area contributed by atoms with Gasteiger partial charge in [0.25, 0.3) is 5.91 Å². The van der Waals surface area contributed by atoms with Crippen molar-refractivity contribution in [1.29, 1.82) is 0 Å². The number of thiophene rings is 1. The van der Waals surface area contributed by atoms with Crippen LogP contribution >= 0.6 is 11.3 Å². The number of hydrogen-bond donors (Lipinski definition) is 2. The van der Waals surface area contributed by atoms with Crippen LogP contribution in [0.5, 0.6) is 5.75 Å². The van der Waals surface area contributed by atoms with Crippen LogP contribution in [-0.4, -0.2) is 18.4 Å². The molecule has 0 unspecified atom stereocenters. The van der Waals surface area contributed by atoms with Crippen LogP contribution in [0.1, 0.15) is 26.4 Å². The number of halogens is 1. The van der Waals surface area contributed by atoms with Crippen LogP contribution in [0.2, 0.25) is 0 Å². The van der Waals surface area contributed by atoms with Gasteiger partial charge in [-0.2, -0.15) is 0 Å². The number of nitrogens with one attached hydrogen (secondary N) is 2. The molecule has 3 aromatic carbocycles. The monoisotopic (exact) mass is 462 g/mol. The van der Waals surface area contributed by atoms with E-state index in [2.05, 4.69) is 10.6 Å². The van der Waals surface area contributed by atoms with E-state index < -0.39 is 11.7 Å². The average molecular weight is 463 g/mol. The normalized spacial score (nSPS) is 10.8. The first-order valence-corrected chi connectivity index (χ1v) is 11.3. The summed E-state index contributed by atoms with van der Waals surface area (Å²) in [6, 6.07) is 19.6. The second kappa shape index (κ2) is 9.83. The van der Waals surface area contributed by atoms with E-state index in [-0.39, 0.29) is 19.1 Å². The van der Waals surface area contributed by atoms with E-state index in [1.165, 1.54) is 17.4 Å². The van der Waals surface area contributed by atoms with Gasteiger partial charge in [0.1, 0.15) is 18.2 Å². The van der Waals surface area contributed by atoms with Crippen LogP contribution in [0.3, 0.4) is 0 Å². The average Bonchev–Trinajstić information content (AvgIpc) is 3.19. The summed E-state index contributed by atoms with van der Waals surface area (Å²) in [5.74, 6) is -0.580. The summed E-state index contributed by atoms with van der Waals surface area (Å²) >= 11 is 1.18. The lowest BCUT2D eigenvalue weighted by Gasteiger charge is -2.12. The van der Waals surface area contributed by atoms with Crippen LogP contribution in [-0.2, 0) is 11.4 Å². The van der Waals surface area contributed by atoms with Crippen LogP contribution in [0, 0.1) is 19.7 Å². The molecule has 4 aromatic rings. The molecular weight excluding hydrogens is 439 g/mol. The Morgan fingerprint density at radius 3 is 2.36 bits per heavy atom. The van der Waals surface area contributed by atoms with Crippen molar-refractivity contribution >= 4 is 38.9 Å². The smallest absolute Gasteiger partial charge is 0.262 e. The van der Waals surface area contributed by atoms with Crippen molar-refractivity contribution in [3.63, 3.8) is 0 Å². The standard InChI is InChI=1S/C26H23FN2O3S/c1-16-8-6-9-17(2)24(16)29-22(30)14-28-26(31)25-19(15-32-18-10-4-3-5-11-18)23-20(27)12-7-13-21(23)33-25/h3-13H,14-15H2,1-2H3,(H,28,31)(H,29,30). The van der Waals surface area contributed by atoms with E-state index >= 15 is 0 Å². The van der Waals surface area contributed by atoms with Crippen molar-refractivity contribution < 1.29 is 18.7 Å². The minimum Gasteiger partial charge on any atom is -0.489 e. The topological polar surface area (TPSA) is 67.4 Å². The van der Waals surface area contributed by atoms with Gasteiger partial charge in [0, 0.05) is 21.3 Å². The third kappa shape index (κ3) is 5.04. The highest BCUT2D eigenvalue weighted by Gasteiger charge is 2.22. The zero-order valence-corrected chi connectivity index (χ0v) is 19.1. The second-order valence-electron chi connectivity index (χ2n) is 7.62. The van der Waals surface area contributed by atoms with E-state index in [1.54, 1.807) is 24.3 Å². The maximum Gasteiger partial charge on any atom is 0.262 e. The number of carbonyl (C=O) groups is 2. The van der Waals surface area contributed by atoms with Gasteiger partial charge >= 0.3 is 0 Å². The molecule has 0 fully saturated rings. The molecule has 0 radical (unpaired) electrons. The number of aryl methyl sites for hydroxylation is 2. The van der Waals surface area contributed by atoms with Crippen molar-refractivity contribution in [2.45, 2.75) is 20.5 Å². The number of hydrogen-bond acceptors (Lipinski definition) is 4. The number of carbonyl (C=O) groups excluding carboxylic acids is 2. The largest absolute Gasteiger partial charge is 0.489 e. The number of anilines is 1. The molecule has 33 heavy (non-hydrogen) atoms. The quantitative estimate of drug-likeness (QED) is 0.375. The first-order valence-electron chi connectivity index (χ1n) is 10.5. The van der Waals surface area contributed by atoms with Gasteiger partial charge in [0.05, 0.1) is 11.4 Å². The Labute approximate surface area is 195 Å². The van der Waals surface area contributed by atoms with Crippen LogP contribution in [0.15, 0.2) is 66.7 Å². The Hall–Kier alpha value is -3.71. The molecule has 2 N–H and O–H groups in total. The van der Waals surface area contributed by atoms with Gasteiger partial charge < -0.3 is 15.4 Å². The number of fused-ring (bicyclic) bond motifs is 1. The lowest BCUT2D eigenvalue weighted by molar-refractivity contribution is -0.115. The van der Waals surface area contributed by atoms with Crippen molar-refractivity contribution in [3.8, 4) is 5.75 Å². The van der Waals surface area contributed by atoms with E-state index in [0.717, 1.165) is 16.8 Å². The molecule has 1 heterocycles. The van der Waals surface area contributed by atoms with E-state index in [0.29, 0.717) is 26.3 Å². The predicted octanol–water partition coefficient (Wildman–Crippen LogP) is 5.60. The Morgan fingerprint density at radius 2 is 1.64 bits per heavy atom. The van der Waals surface area contributed by atoms with E-state index in [4.69, 9.17) is 4.74 Å². The summed E-state index contributed by atoms with van der Waals surface area (Å²) in [5.41, 5.74) is 3.08. The molecule has 0 spiro atoms. The van der Waals surface area contributed by atoms with Crippen molar-refractivity contribution in [1.82, 2.24) is 5.32 Å². The molecule has 7 heteroatoms. The molecule has 168 valence electrons. The zero-order chi connectivity index (χ0) is 23.4. The molecule has 0 aliphatic rings. The summed E-state index contributed by atoms with van der Waals surface area (Å²) in [6.45, 7) is 3.64. The van der Waals surface area contributed by atoms with Gasteiger partial charge in [-0.15, -0.1) is 11.3 Å². The van der Waals surface area contributed by atoms with Gasteiger partial charge in [-0.25, -0.2) is 4.39 Å². The molecule has 2 amide bonds. The summed E-state index contributed by atoms with van der Waals surface area (Å²) < 4.78 is 21.1. The van der Waals surface area contributed by atoms with Crippen molar-refractivity contribution in [2.24, 2.45) is 0 Å². The first kappa shape index (κ1) is 22.5. The maximum atomic E-state index is 14.6. The number of benzene rings is 3. The summed E-state index contributed by atoms with van der Waals surface area (Å²) in [5, 5.41) is 5.87. The Balaban J connectivity index is 1.52. The predicted molar refractivity (Wildman–Crippen MR) is 129 cm³/mol. The number of amides is 2. The van der Waals surface area contributed by atoms with E-state index in [1.807, 2.05) is 50.2 Å². The highest BCUT2D eigenvalue weighted by Crippen LogP contribution is 2.34. The molecular formula is C26H23FN2O3S. The highest BCUT2D eigenvalue weighted by atomic mass is 32.1. The van der Waals surface area contributed by atoms with Gasteiger partial charge in [0.2, 0.25) is 5.91 Å². The lowest BCUT2D eigenvalue weighted by Crippen LogP contribution is -2.33. The molecule has 0 saturated carbocycles. The van der Waals surface area contributed by atoms with Crippen LogP contribution in [0.4, 0.5) is 10.1 Å². The number of ether oxygens (including phenoxy) is 1. The van der Waals surface area contributed by atoms with E-state index in [9.17, 15) is 14.0 Å². The Bertz CT molecular complexity index is 1300. The molecule has 0 saturated heterocycles. The van der Waals surface area contributed by atoms with Crippen molar-refractivity contribution in [3.05, 3.63) is 94.1 Å². The molecule has 1 aromatic heterocycles. The molecule has 0 aliphatic heterocycles. The van der Waals surface area contributed by atoms with Gasteiger partial charge in [-0.1, -0.05) is 42.5 Å². The summed E-state index contributed by atoms with van der Waals surface area (Å²) in [4.78, 5) is 25.8. The minimum absolute atomic E-state index is 0.0301. The van der Waals surface area contributed by atoms with Crippen LogP contribution in [0.25, 0.3) is 10.1 Å². The zero-order valence-electron chi connectivity index (χ0n) is 18.3. The third-order valence-corrected chi connectivity index (χ3v) is 6.45. The minimum atomic E-state index is -0.445.